The molecule has 0 fully saturated rings. The maximum absolute atomic E-state index is 11.3. The van der Waals surface area contributed by atoms with Crippen LogP contribution in [0.3, 0.4) is 0 Å². The SMILES string of the molecule is O=C(C=C1C=C(CCc2ccccc2)NC=N1)P(=O)(O)O. The van der Waals surface area contributed by atoms with E-state index in [9.17, 15) is 9.36 Å². The molecular weight excluding hydrogens is 291 g/mol. The molecule has 1 aromatic rings. The van der Waals surface area contributed by atoms with Crippen LogP contribution in [0.25, 0.3) is 0 Å². The molecule has 1 aromatic carbocycles. The minimum atomic E-state index is -4.75. The molecule has 0 saturated carbocycles. The van der Waals surface area contributed by atoms with Gasteiger partial charge < -0.3 is 15.1 Å². The highest BCUT2D eigenvalue weighted by molar-refractivity contribution is 7.70. The van der Waals surface area contributed by atoms with Crippen molar-refractivity contribution in [1.82, 2.24) is 5.32 Å². The van der Waals surface area contributed by atoms with E-state index in [1.54, 1.807) is 6.08 Å². The first-order valence-corrected chi connectivity index (χ1v) is 7.92. The highest BCUT2D eigenvalue weighted by Gasteiger charge is 2.23. The lowest BCUT2D eigenvalue weighted by Gasteiger charge is -2.12. The Kier molecular flexibility index (Phi) is 4.85. The van der Waals surface area contributed by atoms with Gasteiger partial charge in [-0.2, -0.15) is 0 Å². The van der Waals surface area contributed by atoms with Crippen molar-refractivity contribution in [1.29, 1.82) is 0 Å². The molecule has 1 aliphatic heterocycles. The Bertz CT molecular complexity index is 659. The van der Waals surface area contributed by atoms with Gasteiger partial charge in [0.1, 0.15) is 0 Å². The van der Waals surface area contributed by atoms with Crippen LogP contribution in [0.4, 0.5) is 0 Å². The summed E-state index contributed by atoms with van der Waals surface area (Å²) < 4.78 is 10.8. The maximum atomic E-state index is 11.3. The number of aliphatic imine (C=N–C) groups is 1. The van der Waals surface area contributed by atoms with Crippen molar-refractivity contribution in [2.75, 3.05) is 0 Å². The number of carbonyl (C=O) groups excluding carboxylic acids is 1. The highest BCUT2D eigenvalue weighted by atomic mass is 31.2. The summed E-state index contributed by atoms with van der Waals surface area (Å²) in [7, 11) is -4.75. The lowest BCUT2D eigenvalue weighted by atomic mass is 10.1. The molecule has 0 bridgehead atoms. The van der Waals surface area contributed by atoms with Gasteiger partial charge in [0.2, 0.25) is 0 Å². The van der Waals surface area contributed by atoms with Gasteiger partial charge in [0.15, 0.2) is 0 Å². The zero-order valence-corrected chi connectivity index (χ0v) is 12.0. The smallest absolute Gasteiger partial charge is 0.350 e. The molecule has 0 saturated heterocycles. The predicted molar refractivity (Wildman–Crippen MR) is 79.6 cm³/mol. The van der Waals surface area contributed by atoms with E-state index in [0.29, 0.717) is 6.42 Å². The standard InChI is InChI=1S/C14H15N2O4P/c17-14(21(18,19)20)9-13-8-12(15-10-16-13)7-6-11-4-2-1-3-5-11/h1-5,8-10H,6-7H2,(H,15,16)(H2,18,19,20). The predicted octanol–water partition coefficient (Wildman–Crippen LogP) is 1.72. The second-order valence-corrected chi connectivity index (χ2v) is 6.04. The largest absolute Gasteiger partial charge is 0.395 e. The summed E-state index contributed by atoms with van der Waals surface area (Å²) in [5.41, 5.74) is 0.999. The molecular formula is C14H15N2O4P. The summed E-state index contributed by atoms with van der Waals surface area (Å²) in [4.78, 5) is 32.7. The van der Waals surface area contributed by atoms with E-state index in [2.05, 4.69) is 10.3 Å². The van der Waals surface area contributed by atoms with E-state index in [0.717, 1.165) is 18.2 Å². The van der Waals surface area contributed by atoms with Gasteiger partial charge in [-0.15, -0.1) is 0 Å². The molecule has 21 heavy (non-hydrogen) atoms. The third kappa shape index (κ3) is 4.79. The number of nitrogens with zero attached hydrogens (tertiary/aromatic N) is 1. The number of benzene rings is 1. The molecule has 0 unspecified atom stereocenters. The third-order valence-corrected chi connectivity index (χ3v) is 3.57. The van der Waals surface area contributed by atoms with Gasteiger partial charge in [-0.25, -0.2) is 4.99 Å². The second-order valence-electron chi connectivity index (χ2n) is 4.51. The first-order chi connectivity index (χ1) is 9.95. The van der Waals surface area contributed by atoms with Crippen molar-refractivity contribution in [2.24, 2.45) is 4.99 Å². The Labute approximate surface area is 122 Å². The highest BCUT2D eigenvalue weighted by Crippen LogP contribution is 2.36. The van der Waals surface area contributed by atoms with Crippen molar-refractivity contribution < 1.29 is 19.1 Å². The molecule has 0 radical (unpaired) electrons. The van der Waals surface area contributed by atoms with Crippen LogP contribution in [0, 0.1) is 0 Å². The van der Waals surface area contributed by atoms with Crippen molar-refractivity contribution in [2.45, 2.75) is 12.8 Å². The Morgan fingerprint density at radius 3 is 2.62 bits per heavy atom. The van der Waals surface area contributed by atoms with Crippen molar-refractivity contribution in [3.8, 4) is 0 Å². The van der Waals surface area contributed by atoms with E-state index in [-0.39, 0.29) is 5.70 Å². The average Bonchev–Trinajstić information content (AvgIpc) is 2.46. The molecule has 0 atom stereocenters. The van der Waals surface area contributed by atoms with Crippen LogP contribution in [0.1, 0.15) is 12.0 Å². The van der Waals surface area contributed by atoms with E-state index in [1.807, 2.05) is 30.3 Å². The fourth-order valence-corrected chi connectivity index (χ4v) is 2.11. The first kappa shape index (κ1) is 15.4. The number of hydrogen-bond acceptors (Lipinski definition) is 4. The summed E-state index contributed by atoms with van der Waals surface area (Å²) in [6.45, 7) is 0. The zero-order valence-electron chi connectivity index (χ0n) is 11.1. The van der Waals surface area contributed by atoms with E-state index >= 15 is 0 Å². The topological polar surface area (TPSA) is 99.0 Å². The molecule has 3 N–H and O–H groups in total. The van der Waals surface area contributed by atoms with Gasteiger partial charge in [0, 0.05) is 11.8 Å². The Hall–Kier alpha value is -2.01. The normalized spacial score (nSPS) is 16.5. The van der Waals surface area contributed by atoms with Gasteiger partial charge >= 0.3 is 7.60 Å². The van der Waals surface area contributed by atoms with Crippen molar-refractivity contribution in [3.63, 3.8) is 0 Å². The number of aryl methyl sites for hydroxylation is 1. The minimum Gasteiger partial charge on any atom is -0.350 e. The van der Waals surface area contributed by atoms with Gasteiger partial charge in [-0.1, -0.05) is 30.3 Å². The Morgan fingerprint density at radius 2 is 1.95 bits per heavy atom. The molecule has 1 heterocycles. The summed E-state index contributed by atoms with van der Waals surface area (Å²) in [5.74, 6) is 0. The van der Waals surface area contributed by atoms with E-state index < -0.39 is 13.1 Å². The lowest BCUT2D eigenvalue weighted by molar-refractivity contribution is -0.109. The molecule has 110 valence electrons. The summed E-state index contributed by atoms with van der Waals surface area (Å²) in [6, 6.07) is 9.91. The first-order valence-electron chi connectivity index (χ1n) is 6.30. The van der Waals surface area contributed by atoms with Crippen molar-refractivity contribution >= 4 is 19.5 Å². The van der Waals surface area contributed by atoms with Crippen LogP contribution in [-0.2, 0) is 15.8 Å². The summed E-state index contributed by atoms with van der Waals surface area (Å²) in [5, 5.41) is 2.95. The van der Waals surface area contributed by atoms with Gasteiger partial charge in [-0.3, -0.25) is 9.36 Å². The van der Waals surface area contributed by atoms with Crippen LogP contribution >= 0.6 is 7.60 Å². The van der Waals surface area contributed by atoms with Crippen LogP contribution in [0.5, 0.6) is 0 Å². The monoisotopic (exact) mass is 306 g/mol. The molecule has 7 heteroatoms. The molecule has 0 aromatic heterocycles. The molecule has 6 nitrogen and oxygen atoms in total. The zero-order chi connectivity index (χ0) is 15.3. The number of nitrogens with one attached hydrogen (secondary N) is 1. The fourth-order valence-electron chi connectivity index (χ4n) is 1.80. The Balaban J connectivity index is 2.03. The number of allylic oxidation sites excluding steroid dienone is 3. The average molecular weight is 306 g/mol. The van der Waals surface area contributed by atoms with Crippen LogP contribution in [0.15, 0.2) is 58.9 Å². The fraction of sp³-hybridized carbons (Fsp3) is 0.143. The molecule has 0 aliphatic carbocycles. The summed E-state index contributed by atoms with van der Waals surface area (Å²) >= 11 is 0. The number of rotatable bonds is 5. The Morgan fingerprint density at radius 1 is 1.24 bits per heavy atom. The summed E-state index contributed by atoms with van der Waals surface area (Å²) in [6.07, 6.45) is 5.39. The quantitative estimate of drug-likeness (QED) is 0.568. The van der Waals surface area contributed by atoms with Crippen LogP contribution in [0.2, 0.25) is 0 Å². The molecule has 0 spiro atoms. The van der Waals surface area contributed by atoms with Crippen molar-refractivity contribution in [3.05, 3.63) is 59.4 Å². The molecule has 2 rings (SSSR count). The number of hydrogen-bond donors (Lipinski definition) is 3. The molecule has 1 aliphatic rings. The maximum Gasteiger partial charge on any atom is 0.395 e. The van der Waals surface area contributed by atoms with Crippen LogP contribution < -0.4 is 5.32 Å². The van der Waals surface area contributed by atoms with Gasteiger partial charge in [-0.05, 0) is 24.5 Å². The lowest BCUT2D eigenvalue weighted by Crippen LogP contribution is -2.15. The molecule has 0 amide bonds. The second kappa shape index (κ2) is 6.63. The van der Waals surface area contributed by atoms with E-state index in [1.165, 1.54) is 11.9 Å². The van der Waals surface area contributed by atoms with E-state index in [4.69, 9.17) is 9.79 Å². The third-order valence-electron chi connectivity index (χ3n) is 2.87. The van der Waals surface area contributed by atoms with Crippen LogP contribution in [-0.4, -0.2) is 21.6 Å². The van der Waals surface area contributed by atoms with Gasteiger partial charge in [0.25, 0.3) is 5.52 Å². The number of carbonyl (C=O) groups is 1. The minimum absolute atomic E-state index is 0.227. The van der Waals surface area contributed by atoms with Gasteiger partial charge in [0.05, 0.1) is 12.0 Å².